The number of rotatable bonds is 6. The highest BCUT2D eigenvalue weighted by atomic mass is 32.2. The molecule has 0 aliphatic carbocycles. The van der Waals surface area contributed by atoms with E-state index in [-0.39, 0.29) is 11.5 Å². The van der Waals surface area contributed by atoms with Gasteiger partial charge in [0.25, 0.3) is 0 Å². The first-order valence-electron chi connectivity index (χ1n) is 7.07. The van der Waals surface area contributed by atoms with Crippen LogP contribution in [0.2, 0.25) is 0 Å². The molecule has 0 spiro atoms. The van der Waals surface area contributed by atoms with Gasteiger partial charge in [0.05, 0.1) is 5.92 Å². The van der Waals surface area contributed by atoms with Crippen molar-refractivity contribution in [3.05, 3.63) is 52.5 Å². The number of carboxylic acids is 1. The average molecular weight is 349 g/mol. The van der Waals surface area contributed by atoms with Crippen LogP contribution in [0.1, 0.15) is 34.1 Å². The van der Waals surface area contributed by atoms with Crippen molar-refractivity contribution in [3.63, 3.8) is 0 Å². The van der Waals surface area contributed by atoms with Gasteiger partial charge in [-0.25, -0.2) is 0 Å². The average Bonchev–Trinajstić information content (AvgIpc) is 3.22. The van der Waals surface area contributed by atoms with Gasteiger partial charge in [0, 0.05) is 29.2 Å². The summed E-state index contributed by atoms with van der Waals surface area (Å²) in [7, 11) is 0. The quantitative estimate of drug-likeness (QED) is 0.494. The number of hydrogen-bond donors (Lipinski definition) is 1. The van der Waals surface area contributed by atoms with Crippen LogP contribution >= 0.6 is 11.3 Å². The van der Waals surface area contributed by atoms with Crippen LogP contribution in [0.15, 0.2) is 40.4 Å². The monoisotopic (exact) mass is 349 g/mol. The topological polar surface area (TPSA) is 82.4 Å². The van der Waals surface area contributed by atoms with Crippen molar-refractivity contribution in [1.82, 2.24) is 4.57 Å². The zero-order valence-corrected chi connectivity index (χ0v) is 13.9. The number of ketones is 1. The van der Waals surface area contributed by atoms with E-state index in [1.807, 2.05) is 5.38 Å². The predicted molar refractivity (Wildman–Crippen MR) is 88.6 cm³/mol. The van der Waals surface area contributed by atoms with E-state index in [0.717, 1.165) is 0 Å². The molecule has 1 N–H and O–H groups in total. The molecule has 0 saturated heterocycles. The molecular weight excluding hydrogens is 334 g/mol. The zero-order valence-electron chi connectivity index (χ0n) is 12.2. The largest absolute Gasteiger partial charge is 0.611 e. The number of fused-ring (bicyclic) bond motifs is 1. The summed E-state index contributed by atoms with van der Waals surface area (Å²) in [6, 6.07) is 3.34. The molecule has 5 nitrogen and oxygen atoms in total. The molecule has 0 fully saturated rings. The van der Waals surface area contributed by atoms with E-state index in [9.17, 15) is 19.2 Å². The van der Waals surface area contributed by atoms with Crippen molar-refractivity contribution >= 4 is 34.3 Å². The number of carbonyl (C=O) groups excluding carboxylic acids is 1. The molecule has 2 aromatic heterocycles. The standard InChI is InChI=1S/C16H15NO4S2/c1-2-7-23(21)13-8-12-11(16(19)20)3-5-17(12)14(13)15(18)10-4-6-22-9-10/h2,4,6,8-9,11H,1,3,5,7H2,(H,19,20). The van der Waals surface area contributed by atoms with E-state index < -0.39 is 23.1 Å². The molecule has 7 heteroatoms. The smallest absolute Gasteiger partial charge is 0.312 e. The molecule has 3 rings (SSSR count). The molecule has 0 amide bonds. The molecule has 23 heavy (non-hydrogen) atoms. The maximum absolute atomic E-state index is 12.8. The van der Waals surface area contributed by atoms with Gasteiger partial charge in [0.2, 0.25) is 5.78 Å². The van der Waals surface area contributed by atoms with Gasteiger partial charge in [-0.05, 0) is 35.1 Å². The number of carboxylic acid groups (broad SMARTS) is 1. The van der Waals surface area contributed by atoms with E-state index in [2.05, 4.69) is 6.58 Å². The van der Waals surface area contributed by atoms with Crippen LogP contribution in [0.3, 0.4) is 0 Å². The first-order valence-corrected chi connectivity index (χ1v) is 9.33. The molecular formula is C16H15NO4S2. The number of aromatic nitrogens is 1. The molecule has 1 aliphatic heterocycles. The highest BCUT2D eigenvalue weighted by Gasteiger charge is 2.37. The SMILES string of the molecule is C=CC[S+]([O-])c1cc2n(c1C(=O)c1ccsc1)CCC2C(=O)O. The molecule has 2 aromatic rings. The maximum atomic E-state index is 12.8. The maximum Gasteiger partial charge on any atom is 0.312 e. The molecule has 2 atom stereocenters. The highest BCUT2D eigenvalue weighted by molar-refractivity contribution is 7.91. The molecule has 0 bridgehead atoms. The summed E-state index contributed by atoms with van der Waals surface area (Å²) in [6.07, 6.45) is 1.98. The fourth-order valence-corrected chi connectivity index (χ4v) is 4.56. The lowest BCUT2D eigenvalue weighted by molar-refractivity contribution is -0.138. The second-order valence-electron chi connectivity index (χ2n) is 5.26. The van der Waals surface area contributed by atoms with Gasteiger partial charge in [0.1, 0.15) is 11.4 Å². The normalized spacial score (nSPS) is 17.7. The number of thiophene rings is 1. The minimum Gasteiger partial charge on any atom is -0.611 e. The van der Waals surface area contributed by atoms with Gasteiger partial charge in [-0.1, -0.05) is 6.58 Å². The van der Waals surface area contributed by atoms with E-state index >= 15 is 0 Å². The fraction of sp³-hybridized carbons (Fsp3) is 0.250. The van der Waals surface area contributed by atoms with Gasteiger partial charge in [-0.3, -0.25) is 9.59 Å². The number of carbonyl (C=O) groups is 2. The number of aliphatic carboxylic acids is 1. The number of hydrogen-bond acceptors (Lipinski definition) is 4. The lowest BCUT2D eigenvalue weighted by Crippen LogP contribution is -2.14. The Bertz CT molecular complexity index is 763. The summed E-state index contributed by atoms with van der Waals surface area (Å²) >= 11 is 0.000433. The van der Waals surface area contributed by atoms with E-state index in [1.165, 1.54) is 17.4 Å². The molecule has 120 valence electrons. The van der Waals surface area contributed by atoms with Crippen molar-refractivity contribution in [1.29, 1.82) is 0 Å². The van der Waals surface area contributed by atoms with Crippen LogP contribution in [-0.4, -0.2) is 31.7 Å². The summed E-state index contributed by atoms with van der Waals surface area (Å²) in [4.78, 5) is 24.6. The summed E-state index contributed by atoms with van der Waals surface area (Å²) in [5, 5.41) is 12.9. The molecule has 2 unspecified atom stereocenters. The van der Waals surface area contributed by atoms with Gasteiger partial charge < -0.3 is 14.2 Å². The highest BCUT2D eigenvalue weighted by Crippen LogP contribution is 2.36. The molecule has 0 radical (unpaired) electrons. The second-order valence-corrected chi connectivity index (χ2v) is 7.50. The van der Waals surface area contributed by atoms with Crippen LogP contribution in [0.25, 0.3) is 0 Å². The van der Waals surface area contributed by atoms with Crippen molar-refractivity contribution in [2.75, 3.05) is 5.75 Å². The van der Waals surface area contributed by atoms with Gasteiger partial charge >= 0.3 is 5.97 Å². The first-order chi connectivity index (χ1) is 11.0. The second kappa shape index (κ2) is 6.35. The Morgan fingerprint density at radius 2 is 2.35 bits per heavy atom. The summed E-state index contributed by atoms with van der Waals surface area (Å²) in [6.45, 7) is 4.03. The van der Waals surface area contributed by atoms with Gasteiger partial charge in [-0.2, -0.15) is 11.3 Å². The Labute approximate surface area is 140 Å². The first kappa shape index (κ1) is 16.0. The van der Waals surface area contributed by atoms with Crippen LogP contribution in [0, 0.1) is 0 Å². The van der Waals surface area contributed by atoms with Gasteiger partial charge in [-0.15, -0.1) is 0 Å². The van der Waals surface area contributed by atoms with Gasteiger partial charge in [0.15, 0.2) is 4.90 Å². The molecule has 1 aliphatic rings. The van der Waals surface area contributed by atoms with Crippen molar-refractivity contribution in [2.45, 2.75) is 23.8 Å². The number of nitrogens with zero attached hydrogens (tertiary/aromatic N) is 1. The lowest BCUT2D eigenvalue weighted by Gasteiger charge is -2.10. The van der Waals surface area contributed by atoms with Crippen LogP contribution in [-0.2, 0) is 22.5 Å². The summed E-state index contributed by atoms with van der Waals surface area (Å²) < 4.78 is 14.2. The third-order valence-corrected chi connectivity index (χ3v) is 5.93. The third kappa shape index (κ3) is 2.75. The molecule has 0 saturated carbocycles. The minimum atomic E-state index is -1.41. The van der Waals surface area contributed by atoms with Crippen LogP contribution in [0.5, 0.6) is 0 Å². The Hall–Kier alpha value is -1.83. The molecule has 3 heterocycles. The predicted octanol–water partition coefficient (Wildman–Crippen LogP) is 2.65. The molecule has 0 aromatic carbocycles. The minimum absolute atomic E-state index is 0.212. The Morgan fingerprint density at radius 3 is 2.96 bits per heavy atom. The Morgan fingerprint density at radius 1 is 1.57 bits per heavy atom. The van der Waals surface area contributed by atoms with E-state index in [1.54, 1.807) is 22.1 Å². The fourth-order valence-electron chi connectivity index (χ4n) is 2.86. The Kier molecular flexibility index (Phi) is 4.43. The van der Waals surface area contributed by atoms with Crippen molar-refractivity contribution in [3.8, 4) is 0 Å². The summed E-state index contributed by atoms with van der Waals surface area (Å²) in [5.41, 5.74) is 1.44. The van der Waals surface area contributed by atoms with E-state index in [0.29, 0.717) is 34.8 Å². The Balaban J connectivity index is 2.12. The van der Waals surface area contributed by atoms with Crippen molar-refractivity contribution in [2.24, 2.45) is 0 Å². The van der Waals surface area contributed by atoms with Crippen LogP contribution < -0.4 is 0 Å². The van der Waals surface area contributed by atoms with Crippen molar-refractivity contribution < 1.29 is 19.2 Å². The zero-order chi connectivity index (χ0) is 16.6. The van der Waals surface area contributed by atoms with Crippen LogP contribution in [0.4, 0.5) is 0 Å². The van der Waals surface area contributed by atoms with E-state index in [4.69, 9.17) is 0 Å². The summed E-state index contributed by atoms with van der Waals surface area (Å²) in [5.74, 6) is -1.56. The lowest BCUT2D eigenvalue weighted by atomic mass is 10.1. The third-order valence-electron chi connectivity index (χ3n) is 3.90.